The van der Waals surface area contributed by atoms with E-state index in [2.05, 4.69) is 442 Å². The molecule has 12 aromatic heterocycles. The van der Waals surface area contributed by atoms with Crippen LogP contribution in [0.15, 0.2) is 292 Å². The molecular formula is C120H112N12+4. The lowest BCUT2D eigenvalue weighted by Crippen LogP contribution is -2.27. The maximum absolute atomic E-state index is 4.95. The number of rotatable bonds is 8. The van der Waals surface area contributed by atoms with Crippen LogP contribution in [0, 0.1) is 55.4 Å². The molecule has 0 aliphatic carbocycles. The molecule has 0 atom stereocenters. The van der Waals surface area contributed by atoms with Crippen LogP contribution in [-0.4, -0.2) is 37.7 Å². The van der Waals surface area contributed by atoms with Crippen LogP contribution in [0.25, 0.3) is 198 Å². The van der Waals surface area contributed by atoms with Crippen LogP contribution < -0.4 is 18.1 Å². The Labute approximate surface area is 770 Å². The fraction of sp³-hybridized carbons (Fsp3) is 0.200. The van der Waals surface area contributed by atoms with Crippen LogP contribution >= 0.6 is 0 Å². The van der Waals surface area contributed by atoms with Crippen molar-refractivity contribution in [2.75, 3.05) is 0 Å². The number of hydrogen-bond donors (Lipinski definition) is 0. The zero-order valence-electron chi connectivity index (χ0n) is 79.4. The monoisotopic (exact) mass is 1720 g/mol. The molecule has 648 valence electrons. The van der Waals surface area contributed by atoms with E-state index >= 15 is 0 Å². The summed E-state index contributed by atoms with van der Waals surface area (Å²) in [7, 11) is 8.67. The Hall–Kier alpha value is -14.9. The van der Waals surface area contributed by atoms with E-state index in [0.29, 0.717) is 23.7 Å². The smallest absolute Gasteiger partial charge is 0.255 e. The number of nitrogens with zero attached hydrogens (tertiary/aromatic N) is 12. The molecule has 0 bridgehead atoms. The van der Waals surface area contributed by atoms with E-state index in [1.165, 1.54) is 243 Å². The fourth-order valence-electron chi connectivity index (χ4n) is 22.1. The minimum atomic E-state index is 0.450. The minimum absolute atomic E-state index is 0.450. The molecule has 24 rings (SSSR count). The molecule has 132 heavy (non-hydrogen) atoms. The number of benzene rings is 12. The standard InChI is InChI=1S/2C32H32N3.2C28H24N3/c1-19(2)23-10-9-11-24(20(3)4)30(23)22-14-15-26-25(18-22)31-29(21(5)16-17-33-31)32-34(6)27-12-7-8-13-28(27)35(26)32;1-19(2)23-10-9-11-24(20(3)4)30(23)22-14-15-25-28(18-22)35-27-13-8-7-12-26(27)34(6)32(35)29-21(5)16-17-33-31(25)29;1-17-8-7-9-18(2)25(17)20-12-13-23-24(16-20)30(4)28-26-19(3)14-15-29-27(26)21-10-5-6-11-22(21)31(23)28;1-17-8-7-9-18(2)25(17)20-12-13-23-24(16-20)31-22-11-6-5-10-21(22)27-26(28(31)30(23)4)19(3)14-15-29-27/h2*7-20H,1-6H3;2*5-16H,1-4H3/q4*+1. The summed E-state index contributed by atoms with van der Waals surface area (Å²) in [6, 6.07) is 97.4. The molecular weight excluding hydrogens is 1610 g/mol. The number of para-hydroxylation sites is 6. The van der Waals surface area contributed by atoms with Gasteiger partial charge in [-0.1, -0.05) is 189 Å². The highest BCUT2D eigenvalue weighted by atomic mass is 15.1. The van der Waals surface area contributed by atoms with Crippen LogP contribution in [0.5, 0.6) is 0 Å². The van der Waals surface area contributed by atoms with E-state index in [1.54, 1.807) is 0 Å². The Morgan fingerprint density at radius 1 is 0.235 bits per heavy atom. The quantitative estimate of drug-likeness (QED) is 0.112. The summed E-state index contributed by atoms with van der Waals surface area (Å²) >= 11 is 0. The summed E-state index contributed by atoms with van der Waals surface area (Å²) in [6.45, 7) is 35.9. The van der Waals surface area contributed by atoms with Gasteiger partial charge in [0, 0.05) is 46.3 Å². The van der Waals surface area contributed by atoms with Gasteiger partial charge in [0.25, 0.3) is 22.6 Å². The van der Waals surface area contributed by atoms with Crippen molar-refractivity contribution in [3.63, 3.8) is 0 Å². The highest BCUT2D eigenvalue weighted by molar-refractivity contribution is 6.16. The Morgan fingerprint density at radius 3 is 1.02 bits per heavy atom. The van der Waals surface area contributed by atoms with Crippen molar-refractivity contribution in [2.45, 2.75) is 134 Å². The van der Waals surface area contributed by atoms with Gasteiger partial charge in [0.2, 0.25) is 0 Å². The molecule has 12 heteroatoms. The molecule has 12 nitrogen and oxygen atoms in total. The summed E-state index contributed by atoms with van der Waals surface area (Å²) in [5.74, 6) is 1.80. The predicted octanol–water partition coefficient (Wildman–Crippen LogP) is 28.1. The van der Waals surface area contributed by atoms with E-state index in [-0.39, 0.29) is 0 Å². The first-order chi connectivity index (χ1) is 63.9. The lowest BCUT2D eigenvalue weighted by molar-refractivity contribution is -0.617. The van der Waals surface area contributed by atoms with Crippen molar-refractivity contribution in [3.8, 4) is 44.5 Å². The van der Waals surface area contributed by atoms with Crippen molar-refractivity contribution in [1.29, 1.82) is 0 Å². The summed E-state index contributed by atoms with van der Waals surface area (Å²) in [5.41, 5.74) is 49.9. The minimum Gasteiger partial charge on any atom is -0.255 e. The molecule has 0 saturated heterocycles. The normalized spacial score (nSPS) is 12.1. The predicted molar refractivity (Wildman–Crippen MR) is 552 cm³/mol. The van der Waals surface area contributed by atoms with Gasteiger partial charge >= 0.3 is 0 Å². The van der Waals surface area contributed by atoms with Crippen molar-refractivity contribution < 1.29 is 18.1 Å². The van der Waals surface area contributed by atoms with Crippen LogP contribution in [0.4, 0.5) is 0 Å². The zero-order valence-corrected chi connectivity index (χ0v) is 79.4. The molecule has 0 fully saturated rings. The van der Waals surface area contributed by atoms with Gasteiger partial charge in [-0.25, -0.2) is 18.3 Å². The van der Waals surface area contributed by atoms with E-state index in [9.17, 15) is 0 Å². The third kappa shape index (κ3) is 13.2. The SMILES string of the molecule is Cc1cccc(C)c1-c1ccc2c(c1)n(C)c1c3c(C)ccnc3c3ccccc3[n+]21.Cc1cccc(C)c1-c1ccc2c(c1)n1c3ccccc3c3nccc(C)c3c1[n+]2C.Cc1ccnc2c3cc(-c4c(C(C)C)cccc4C(C)C)ccc3n3c4ccccc4[n+](C)c3c12.Cc1ccnc2c3ccc(-c4c(C(C)C)cccc4C(C)C)cc3n3c4ccccc4[n+](C)c3c12. The Morgan fingerprint density at radius 2 is 0.553 bits per heavy atom. The van der Waals surface area contributed by atoms with Gasteiger partial charge in [-0.15, -0.1) is 0 Å². The number of aromatic nitrogens is 12. The van der Waals surface area contributed by atoms with E-state index in [0.717, 1.165) is 22.1 Å². The average Bonchev–Trinajstić information content (AvgIpc) is 1.53. The third-order valence-electron chi connectivity index (χ3n) is 28.4. The summed E-state index contributed by atoms with van der Waals surface area (Å²) in [6.07, 6.45) is 7.73. The largest absolute Gasteiger partial charge is 0.297 e. The van der Waals surface area contributed by atoms with Crippen molar-refractivity contribution in [2.24, 2.45) is 28.2 Å². The molecule has 24 aromatic rings. The highest BCUT2D eigenvalue weighted by Gasteiger charge is 2.33. The molecule has 0 aliphatic rings. The average molecular weight is 1720 g/mol. The van der Waals surface area contributed by atoms with Gasteiger partial charge < -0.3 is 0 Å². The number of imidazole rings is 4. The highest BCUT2D eigenvalue weighted by Crippen LogP contribution is 2.45. The lowest BCUT2D eigenvalue weighted by Gasteiger charge is -2.20. The Kier molecular flexibility index (Phi) is 20.8. The third-order valence-corrected chi connectivity index (χ3v) is 28.4. The topological polar surface area (TPSA) is 85.5 Å². The number of hydrogen-bond acceptors (Lipinski definition) is 4. The van der Waals surface area contributed by atoms with Gasteiger partial charge in [0.05, 0.1) is 71.8 Å². The first-order valence-electron chi connectivity index (χ1n) is 46.7. The molecule has 0 N–H and O–H groups in total. The zero-order chi connectivity index (χ0) is 91.4. The number of aryl methyl sites for hydroxylation is 12. The molecule has 0 saturated carbocycles. The summed E-state index contributed by atoms with van der Waals surface area (Å²) in [4.78, 5) is 19.4. The molecule has 0 spiro atoms. The van der Waals surface area contributed by atoms with Gasteiger partial charge in [-0.2, -0.15) is 17.6 Å². The maximum Gasteiger partial charge on any atom is 0.297 e. The van der Waals surface area contributed by atoms with Gasteiger partial charge in [-0.3, -0.25) is 19.9 Å². The number of fused-ring (bicyclic) bond motifs is 32. The Balaban J connectivity index is 0.000000106. The first-order valence-corrected chi connectivity index (χ1v) is 46.7. The molecule has 0 aliphatic heterocycles. The molecule has 12 heterocycles. The maximum atomic E-state index is 4.95. The fourth-order valence-corrected chi connectivity index (χ4v) is 22.1. The van der Waals surface area contributed by atoms with Crippen LogP contribution in [-0.2, 0) is 28.2 Å². The van der Waals surface area contributed by atoms with Gasteiger partial charge in [0.15, 0.2) is 44.1 Å². The second-order valence-electron chi connectivity index (χ2n) is 37.9. The molecule has 0 radical (unpaired) electrons. The van der Waals surface area contributed by atoms with Crippen molar-refractivity contribution in [1.82, 2.24) is 37.7 Å². The van der Waals surface area contributed by atoms with Crippen LogP contribution in [0.3, 0.4) is 0 Å². The van der Waals surface area contributed by atoms with Gasteiger partial charge in [0.1, 0.15) is 22.1 Å². The molecule has 12 aromatic carbocycles. The lowest BCUT2D eigenvalue weighted by atomic mass is 9.84. The molecule has 0 amide bonds. The van der Waals surface area contributed by atoms with Crippen LogP contribution in [0.2, 0.25) is 0 Å². The first kappa shape index (κ1) is 84.0. The number of pyridine rings is 8. The second kappa shape index (κ2) is 32.6. The van der Waals surface area contributed by atoms with E-state index in [4.69, 9.17) is 19.9 Å². The van der Waals surface area contributed by atoms with Gasteiger partial charge in [-0.05, 0) is 324 Å². The van der Waals surface area contributed by atoms with Crippen molar-refractivity contribution in [3.05, 3.63) is 358 Å². The van der Waals surface area contributed by atoms with Crippen LogP contribution in [0.1, 0.15) is 146 Å². The Bertz CT molecular complexity index is 8810. The van der Waals surface area contributed by atoms with Crippen molar-refractivity contribution >= 4 is 154 Å². The van der Waals surface area contributed by atoms with E-state index in [1.807, 2.05) is 24.8 Å². The van der Waals surface area contributed by atoms with E-state index < -0.39 is 0 Å². The molecule has 0 unspecified atom stereocenters. The second-order valence-corrected chi connectivity index (χ2v) is 37.9. The summed E-state index contributed by atoms with van der Waals surface area (Å²) in [5, 5.41) is 9.63. The summed E-state index contributed by atoms with van der Waals surface area (Å²) < 4.78 is 18.9.